The van der Waals surface area contributed by atoms with Gasteiger partial charge in [0.2, 0.25) is 15.9 Å². The predicted octanol–water partition coefficient (Wildman–Crippen LogP) is 0.466. The minimum atomic E-state index is -3.19. The van der Waals surface area contributed by atoms with Crippen LogP contribution < -0.4 is 11.1 Å². The zero-order valence-electron chi connectivity index (χ0n) is 12.4. The van der Waals surface area contributed by atoms with E-state index in [0.29, 0.717) is 19.5 Å². The molecule has 20 heavy (non-hydrogen) atoms. The van der Waals surface area contributed by atoms with Gasteiger partial charge in [-0.15, -0.1) is 12.4 Å². The second kappa shape index (κ2) is 7.59. The summed E-state index contributed by atoms with van der Waals surface area (Å²) in [6.07, 6.45) is 4.26. The second-order valence-corrected chi connectivity index (χ2v) is 7.48. The lowest BCUT2D eigenvalue weighted by atomic mass is 9.96. The number of rotatable bonds is 6. The summed E-state index contributed by atoms with van der Waals surface area (Å²) in [5.74, 6) is -0.213. The first-order valence-corrected chi connectivity index (χ1v) is 8.57. The molecule has 0 aromatic carbocycles. The second-order valence-electron chi connectivity index (χ2n) is 5.55. The quantitative estimate of drug-likeness (QED) is 0.741. The third kappa shape index (κ3) is 5.20. The molecule has 1 rings (SSSR count). The molecule has 0 spiro atoms. The molecule has 1 aliphatic heterocycles. The molecule has 0 aromatic rings. The highest BCUT2D eigenvalue weighted by Gasteiger charge is 2.33. The summed E-state index contributed by atoms with van der Waals surface area (Å²) in [5.41, 5.74) is 5.05. The Kier molecular flexibility index (Phi) is 7.44. The molecule has 1 fully saturated rings. The highest BCUT2D eigenvalue weighted by molar-refractivity contribution is 7.88. The van der Waals surface area contributed by atoms with E-state index in [1.807, 2.05) is 6.92 Å². The molecule has 8 heteroatoms. The van der Waals surface area contributed by atoms with Gasteiger partial charge in [0.25, 0.3) is 0 Å². The van der Waals surface area contributed by atoms with Gasteiger partial charge in [-0.2, -0.15) is 4.31 Å². The first-order chi connectivity index (χ1) is 8.68. The molecule has 0 bridgehead atoms. The third-order valence-electron chi connectivity index (χ3n) is 3.54. The fraction of sp³-hybridized carbons (Fsp3) is 0.917. The Hall–Kier alpha value is -0.370. The van der Waals surface area contributed by atoms with Gasteiger partial charge >= 0.3 is 0 Å². The van der Waals surface area contributed by atoms with Gasteiger partial charge in [-0.1, -0.05) is 13.3 Å². The van der Waals surface area contributed by atoms with Crippen LogP contribution in [0, 0.1) is 0 Å². The van der Waals surface area contributed by atoms with Crippen LogP contribution in [0.3, 0.4) is 0 Å². The van der Waals surface area contributed by atoms with E-state index >= 15 is 0 Å². The monoisotopic (exact) mass is 327 g/mol. The summed E-state index contributed by atoms with van der Waals surface area (Å²) in [6, 6.07) is -0.142. The van der Waals surface area contributed by atoms with E-state index in [0.717, 1.165) is 19.3 Å². The van der Waals surface area contributed by atoms with Crippen molar-refractivity contribution < 1.29 is 13.2 Å². The highest BCUT2D eigenvalue weighted by Crippen LogP contribution is 2.19. The molecule has 0 aromatic heterocycles. The van der Waals surface area contributed by atoms with Gasteiger partial charge in [0.1, 0.15) is 0 Å². The molecule has 3 N–H and O–H groups in total. The number of nitrogens with one attached hydrogen (secondary N) is 1. The van der Waals surface area contributed by atoms with E-state index in [4.69, 9.17) is 5.73 Å². The number of hydrogen-bond acceptors (Lipinski definition) is 4. The molecular weight excluding hydrogens is 302 g/mol. The maximum Gasteiger partial charge on any atom is 0.239 e. The van der Waals surface area contributed by atoms with Crippen LogP contribution in [0.5, 0.6) is 0 Å². The Morgan fingerprint density at radius 2 is 2.10 bits per heavy atom. The van der Waals surface area contributed by atoms with Gasteiger partial charge in [-0.25, -0.2) is 8.42 Å². The number of halogens is 1. The lowest BCUT2D eigenvalue weighted by Gasteiger charge is -2.26. The maximum atomic E-state index is 12.0. The summed E-state index contributed by atoms with van der Waals surface area (Å²) in [4.78, 5) is 12.0. The van der Waals surface area contributed by atoms with Crippen molar-refractivity contribution in [2.24, 2.45) is 5.73 Å². The van der Waals surface area contributed by atoms with Crippen LogP contribution in [0.25, 0.3) is 0 Å². The number of nitrogens with two attached hydrogens (primary N) is 1. The Labute approximate surface area is 127 Å². The summed E-state index contributed by atoms with van der Waals surface area (Å²) < 4.78 is 24.6. The molecule has 1 heterocycles. The molecular formula is C12H26ClN3O3S. The van der Waals surface area contributed by atoms with E-state index in [1.165, 1.54) is 10.6 Å². The van der Waals surface area contributed by atoms with E-state index in [1.54, 1.807) is 6.92 Å². The topological polar surface area (TPSA) is 92.5 Å². The van der Waals surface area contributed by atoms with Crippen LogP contribution >= 0.6 is 12.4 Å². The predicted molar refractivity (Wildman–Crippen MR) is 82.3 cm³/mol. The van der Waals surface area contributed by atoms with E-state index < -0.39 is 15.6 Å². The average Bonchev–Trinajstić information content (AvgIpc) is 2.73. The number of amides is 1. The normalized spacial score (nSPS) is 22.9. The lowest BCUT2D eigenvalue weighted by Crippen LogP contribution is -2.54. The van der Waals surface area contributed by atoms with Crippen molar-refractivity contribution in [2.45, 2.75) is 51.1 Å². The summed E-state index contributed by atoms with van der Waals surface area (Å²) in [7, 11) is -3.19. The standard InChI is InChI=1S/C12H25N3O3S.ClH/c1-4-7-12(2,13)11(16)14-9-10-6-5-8-15(10)19(3,17)18;/h10H,4-9,13H2,1-3H3,(H,14,16);1H/t10-,12?;/m1./s1. The third-order valence-corrected chi connectivity index (χ3v) is 4.87. The van der Waals surface area contributed by atoms with Gasteiger partial charge in [0.05, 0.1) is 11.8 Å². The largest absolute Gasteiger partial charge is 0.353 e. The van der Waals surface area contributed by atoms with Gasteiger partial charge < -0.3 is 11.1 Å². The first kappa shape index (κ1) is 19.6. The fourth-order valence-electron chi connectivity index (χ4n) is 2.50. The molecule has 1 aliphatic rings. The van der Waals surface area contributed by atoms with Gasteiger partial charge in [0, 0.05) is 19.1 Å². The Morgan fingerprint density at radius 3 is 2.60 bits per heavy atom. The van der Waals surface area contributed by atoms with Crippen LogP contribution in [-0.2, 0) is 14.8 Å². The molecule has 1 unspecified atom stereocenters. The number of hydrogen-bond donors (Lipinski definition) is 2. The molecule has 2 atom stereocenters. The Morgan fingerprint density at radius 1 is 1.50 bits per heavy atom. The zero-order chi connectivity index (χ0) is 14.7. The smallest absolute Gasteiger partial charge is 0.239 e. The first-order valence-electron chi connectivity index (χ1n) is 6.72. The van der Waals surface area contributed by atoms with Gasteiger partial charge in [-0.05, 0) is 26.2 Å². The average molecular weight is 328 g/mol. The van der Waals surface area contributed by atoms with Crippen LogP contribution in [0.15, 0.2) is 0 Å². The maximum absolute atomic E-state index is 12.0. The minimum Gasteiger partial charge on any atom is -0.353 e. The van der Waals surface area contributed by atoms with Crippen molar-refractivity contribution in [1.82, 2.24) is 9.62 Å². The number of sulfonamides is 1. The Bertz CT molecular complexity index is 426. The van der Waals surface area contributed by atoms with Crippen molar-refractivity contribution in [3.05, 3.63) is 0 Å². The van der Waals surface area contributed by atoms with E-state index in [-0.39, 0.29) is 24.4 Å². The number of carbonyl (C=O) groups excluding carboxylic acids is 1. The SMILES string of the molecule is CCCC(C)(N)C(=O)NC[C@H]1CCCN1S(C)(=O)=O.Cl. The molecule has 1 saturated heterocycles. The summed E-state index contributed by atoms with van der Waals surface area (Å²) >= 11 is 0. The summed E-state index contributed by atoms with van der Waals surface area (Å²) in [5, 5.41) is 2.78. The Balaban J connectivity index is 0.00000361. The minimum absolute atomic E-state index is 0. The molecule has 0 radical (unpaired) electrons. The van der Waals surface area contributed by atoms with Crippen molar-refractivity contribution in [3.8, 4) is 0 Å². The van der Waals surface area contributed by atoms with Crippen LogP contribution in [0.4, 0.5) is 0 Å². The van der Waals surface area contributed by atoms with Crippen LogP contribution in [0.2, 0.25) is 0 Å². The highest BCUT2D eigenvalue weighted by atomic mass is 35.5. The van der Waals surface area contributed by atoms with Crippen LogP contribution in [0.1, 0.15) is 39.5 Å². The molecule has 0 saturated carbocycles. The molecule has 0 aliphatic carbocycles. The van der Waals surface area contributed by atoms with Gasteiger partial charge in [-0.3, -0.25) is 4.79 Å². The zero-order valence-corrected chi connectivity index (χ0v) is 14.0. The fourth-order valence-corrected chi connectivity index (χ4v) is 3.68. The molecule has 1 amide bonds. The lowest BCUT2D eigenvalue weighted by molar-refractivity contribution is -0.126. The summed E-state index contributed by atoms with van der Waals surface area (Å²) in [6.45, 7) is 4.55. The van der Waals surface area contributed by atoms with Crippen LogP contribution in [-0.4, -0.2) is 49.6 Å². The molecule has 6 nitrogen and oxygen atoms in total. The van der Waals surface area contributed by atoms with Crippen molar-refractivity contribution in [2.75, 3.05) is 19.3 Å². The van der Waals surface area contributed by atoms with Crippen molar-refractivity contribution >= 4 is 28.3 Å². The number of carbonyl (C=O) groups is 1. The van der Waals surface area contributed by atoms with E-state index in [2.05, 4.69) is 5.32 Å². The van der Waals surface area contributed by atoms with Crippen molar-refractivity contribution in [1.29, 1.82) is 0 Å². The van der Waals surface area contributed by atoms with Gasteiger partial charge in [0.15, 0.2) is 0 Å². The number of nitrogens with zero attached hydrogens (tertiary/aromatic N) is 1. The van der Waals surface area contributed by atoms with Crippen molar-refractivity contribution in [3.63, 3.8) is 0 Å². The molecule has 120 valence electrons. The van der Waals surface area contributed by atoms with E-state index in [9.17, 15) is 13.2 Å².